The summed E-state index contributed by atoms with van der Waals surface area (Å²) in [5.74, 6) is 1.05. The highest BCUT2D eigenvalue weighted by Crippen LogP contribution is 2.69. The Morgan fingerprint density at radius 2 is 1.73 bits per heavy atom. The first kappa shape index (κ1) is 22.5. The predicted molar refractivity (Wildman–Crippen MR) is 115 cm³/mol. The van der Waals surface area contributed by atoms with Gasteiger partial charge in [0, 0.05) is 6.42 Å². The van der Waals surface area contributed by atoms with E-state index in [0.717, 1.165) is 38.5 Å². The Kier molecular flexibility index (Phi) is 5.81. The molecule has 4 aliphatic rings. The van der Waals surface area contributed by atoms with Crippen molar-refractivity contribution in [3.05, 3.63) is 0 Å². The molecule has 4 fully saturated rings. The lowest BCUT2D eigenvalue weighted by atomic mass is 9.41. The van der Waals surface area contributed by atoms with Crippen LogP contribution in [0.4, 0.5) is 0 Å². The maximum atomic E-state index is 11.5. The summed E-state index contributed by atoms with van der Waals surface area (Å²) in [6.07, 6.45) is 5.11. The van der Waals surface area contributed by atoms with Crippen LogP contribution in [0.15, 0.2) is 0 Å². The summed E-state index contributed by atoms with van der Waals surface area (Å²) < 4.78 is 0. The van der Waals surface area contributed by atoms with Crippen molar-refractivity contribution in [2.45, 2.75) is 97.4 Å². The zero-order valence-electron chi connectivity index (χ0n) is 19.1. The van der Waals surface area contributed by atoms with Crippen LogP contribution in [0.5, 0.6) is 0 Å². The van der Waals surface area contributed by atoms with E-state index in [1.165, 1.54) is 0 Å². The number of aliphatic hydroxyl groups is 3. The molecule has 4 aliphatic carbocycles. The first-order chi connectivity index (χ1) is 14.0. The molecule has 5 nitrogen and oxygen atoms in total. The van der Waals surface area contributed by atoms with Gasteiger partial charge in [0.05, 0.1) is 18.3 Å². The molecule has 5 heteroatoms. The zero-order chi connectivity index (χ0) is 22.0. The number of aliphatic carboxylic acids is 1. The third-order valence-electron chi connectivity index (χ3n) is 10.8. The monoisotopic (exact) mass is 422 g/mol. The fourth-order valence-corrected chi connectivity index (χ4v) is 9.13. The highest BCUT2D eigenvalue weighted by atomic mass is 16.4. The molecule has 0 aliphatic heterocycles. The van der Waals surface area contributed by atoms with Crippen molar-refractivity contribution in [3.63, 3.8) is 0 Å². The maximum Gasteiger partial charge on any atom is 0.303 e. The molecule has 4 rings (SSSR count). The Bertz CT molecular complexity index is 666. The van der Waals surface area contributed by atoms with E-state index < -0.39 is 12.1 Å². The lowest BCUT2D eigenvalue weighted by Crippen LogP contribution is -2.64. The number of hydrogen-bond acceptors (Lipinski definition) is 4. The van der Waals surface area contributed by atoms with Gasteiger partial charge in [-0.25, -0.2) is 0 Å². The SMILES string of the molecule is CC(CCC(=O)O)[C@H]1CCC2C3C(O)[C@H](C)[C@@H]4C[C@H](O)CC[C@]4(C)C3C[C@H](O)[C@@]21C. The van der Waals surface area contributed by atoms with E-state index in [0.29, 0.717) is 24.2 Å². The van der Waals surface area contributed by atoms with Gasteiger partial charge in [0.2, 0.25) is 0 Å². The summed E-state index contributed by atoms with van der Waals surface area (Å²) >= 11 is 0. The molecule has 0 aromatic carbocycles. The fraction of sp³-hybridized carbons (Fsp3) is 0.960. The number of carboxylic acids is 1. The van der Waals surface area contributed by atoms with Crippen LogP contribution in [-0.2, 0) is 4.79 Å². The van der Waals surface area contributed by atoms with Gasteiger partial charge in [0.15, 0.2) is 0 Å². The number of carboxylic acid groups (broad SMARTS) is 1. The molecule has 0 bridgehead atoms. The average molecular weight is 423 g/mol. The maximum absolute atomic E-state index is 11.5. The van der Waals surface area contributed by atoms with Crippen LogP contribution in [0.3, 0.4) is 0 Å². The highest BCUT2D eigenvalue weighted by molar-refractivity contribution is 5.66. The largest absolute Gasteiger partial charge is 0.481 e. The van der Waals surface area contributed by atoms with E-state index in [4.69, 9.17) is 5.11 Å². The fourth-order valence-electron chi connectivity index (χ4n) is 9.13. The molecule has 0 heterocycles. The topological polar surface area (TPSA) is 98.0 Å². The van der Waals surface area contributed by atoms with Gasteiger partial charge in [0.1, 0.15) is 0 Å². The van der Waals surface area contributed by atoms with Crippen LogP contribution in [0, 0.1) is 52.3 Å². The minimum absolute atomic E-state index is 0.0673. The summed E-state index contributed by atoms with van der Waals surface area (Å²) in [5.41, 5.74) is -0.185. The van der Waals surface area contributed by atoms with Gasteiger partial charge in [-0.15, -0.1) is 0 Å². The molecule has 30 heavy (non-hydrogen) atoms. The molecule has 4 saturated carbocycles. The second kappa shape index (κ2) is 7.74. The lowest BCUT2D eigenvalue weighted by molar-refractivity contribution is -0.225. The Balaban J connectivity index is 1.64. The quantitative estimate of drug-likeness (QED) is 0.554. The summed E-state index contributed by atoms with van der Waals surface area (Å²) in [6, 6.07) is 0. The number of rotatable bonds is 4. The van der Waals surface area contributed by atoms with Crippen molar-refractivity contribution < 1.29 is 25.2 Å². The van der Waals surface area contributed by atoms with Gasteiger partial charge >= 0.3 is 5.97 Å². The van der Waals surface area contributed by atoms with Gasteiger partial charge in [-0.05, 0) is 97.2 Å². The summed E-state index contributed by atoms with van der Waals surface area (Å²) in [4.78, 5) is 11.1. The highest BCUT2D eigenvalue weighted by Gasteiger charge is 2.67. The predicted octanol–water partition coefficient (Wildman–Crippen LogP) is 3.69. The third kappa shape index (κ3) is 3.17. The van der Waals surface area contributed by atoms with Crippen LogP contribution in [0.2, 0.25) is 0 Å². The van der Waals surface area contributed by atoms with Crippen LogP contribution in [-0.4, -0.2) is 44.7 Å². The Hall–Kier alpha value is -0.650. The molecule has 12 atom stereocenters. The van der Waals surface area contributed by atoms with Gasteiger partial charge in [-0.2, -0.15) is 0 Å². The van der Waals surface area contributed by atoms with Gasteiger partial charge < -0.3 is 20.4 Å². The van der Waals surface area contributed by atoms with E-state index in [2.05, 4.69) is 27.7 Å². The first-order valence-electron chi connectivity index (χ1n) is 12.3. The Morgan fingerprint density at radius 3 is 2.40 bits per heavy atom. The van der Waals surface area contributed by atoms with E-state index in [1.807, 2.05) is 0 Å². The molecule has 0 amide bonds. The number of fused-ring (bicyclic) bond motifs is 5. The molecule has 0 saturated heterocycles. The van der Waals surface area contributed by atoms with Gasteiger partial charge in [0.25, 0.3) is 0 Å². The number of aliphatic hydroxyl groups excluding tert-OH is 3. The summed E-state index contributed by atoms with van der Waals surface area (Å²) in [5, 5.41) is 42.5. The smallest absolute Gasteiger partial charge is 0.303 e. The van der Waals surface area contributed by atoms with Crippen LogP contribution < -0.4 is 0 Å². The minimum Gasteiger partial charge on any atom is -0.481 e. The van der Waals surface area contributed by atoms with E-state index in [9.17, 15) is 20.1 Å². The van der Waals surface area contributed by atoms with Crippen molar-refractivity contribution >= 4 is 5.97 Å². The van der Waals surface area contributed by atoms with Crippen molar-refractivity contribution in [3.8, 4) is 0 Å². The van der Waals surface area contributed by atoms with E-state index >= 15 is 0 Å². The molecular weight excluding hydrogens is 380 g/mol. The van der Waals surface area contributed by atoms with Crippen molar-refractivity contribution in [2.24, 2.45) is 52.3 Å². The Morgan fingerprint density at radius 1 is 1.03 bits per heavy atom. The number of carbonyl (C=O) groups is 1. The van der Waals surface area contributed by atoms with Crippen LogP contribution in [0.1, 0.15) is 79.1 Å². The van der Waals surface area contributed by atoms with Crippen molar-refractivity contribution in [2.75, 3.05) is 0 Å². The van der Waals surface area contributed by atoms with Gasteiger partial charge in [-0.1, -0.05) is 27.7 Å². The van der Waals surface area contributed by atoms with Crippen LogP contribution in [0.25, 0.3) is 0 Å². The standard InChI is InChI=1S/C25H42O5/c1-13(5-8-21(28)29)16-6-7-17-22-19(12-20(27)25(16,17)4)24(3)10-9-15(26)11-18(24)14(2)23(22)30/h13-20,22-23,26-27,30H,5-12H2,1-4H3,(H,28,29)/t13?,14-,15-,16-,17?,18+,19?,20+,22?,23?,24+,25-/m1/s1. The summed E-state index contributed by atoms with van der Waals surface area (Å²) in [6.45, 7) is 8.91. The molecule has 5 unspecified atom stereocenters. The molecule has 172 valence electrons. The molecule has 0 aromatic heterocycles. The van der Waals surface area contributed by atoms with Crippen molar-refractivity contribution in [1.82, 2.24) is 0 Å². The second-order valence-corrected chi connectivity index (χ2v) is 11.9. The van der Waals surface area contributed by atoms with Crippen LogP contribution >= 0.6 is 0 Å². The molecule has 0 radical (unpaired) electrons. The zero-order valence-corrected chi connectivity index (χ0v) is 19.1. The van der Waals surface area contributed by atoms with Gasteiger partial charge in [-0.3, -0.25) is 4.79 Å². The van der Waals surface area contributed by atoms with Crippen molar-refractivity contribution in [1.29, 1.82) is 0 Å². The molecular formula is C25H42O5. The molecule has 4 N–H and O–H groups in total. The Labute approximate surface area is 181 Å². The van der Waals surface area contributed by atoms with E-state index in [1.54, 1.807) is 0 Å². The normalized spacial score (nSPS) is 54.0. The number of hydrogen-bond donors (Lipinski definition) is 4. The lowest BCUT2D eigenvalue weighted by Gasteiger charge is -2.65. The van der Waals surface area contributed by atoms with E-state index in [-0.39, 0.29) is 53.1 Å². The minimum atomic E-state index is -0.749. The molecule has 0 aromatic rings. The second-order valence-electron chi connectivity index (χ2n) is 11.9. The first-order valence-corrected chi connectivity index (χ1v) is 12.3. The average Bonchev–Trinajstić information content (AvgIpc) is 3.05. The third-order valence-corrected chi connectivity index (χ3v) is 10.8. The molecule has 0 spiro atoms. The summed E-state index contributed by atoms with van der Waals surface area (Å²) in [7, 11) is 0.